The number of allylic oxidation sites excluding steroid dienone is 1. The molecule has 0 radical (unpaired) electrons. The Morgan fingerprint density at radius 3 is 2.50 bits per heavy atom. The van der Waals surface area contributed by atoms with Crippen molar-refractivity contribution >= 4 is 11.9 Å². The van der Waals surface area contributed by atoms with E-state index >= 15 is 0 Å². The van der Waals surface area contributed by atoms with Gasteiger partial charge in [0.1, 0.15) is 0 Å². The SMILES string of the molecule is CCCCOC(=O)/C=C(\C)NC(C)=O. The van der Waals surface area contributed by atoms with Crippen molar-refractivity contribution in [1.29, 1.82) is 0 Å². The van der Waals surface area contributed by atoms with Gasteiger partial charge in [-0.05, 0) is 13.3 Å². The molecule has 14 heavy (non-hydrogen) atoms. The molecule has 0 aliphatic heterocycles. The van der Waals surface area contributed by atoms with Gasteiger partial charge in [-0.2, -0.15) is 0 Å². The van der Waals surface area contributed by atoms with E-state index < -0.39 is 5.97 Å². The van der Waals surface area contributed by atoms with Crippen LogP contribution in [0.3, 0.4) is 0 Å². The average Bonchev–Trinajstić information content (AvgIpc) is 2.02. The van der Waals surface area contributed by atoms with Crippen molar-refractivity contribution in [2.75, 3.05) is 6.61 Å². The molecule has 0 fully saturated rings. The lowest BCUT2D eigenvalue weighted by Crippen LogP contribution is -2.18. The number of hydrogen-bond donors (Lipinski definition) is 1. The zero-order valence-electron chi connectivity index (χ0n) is 8.92. The number of carbonyl (C=O) groups excluding carboxylic acids is 2. The smallest absolute Gasteiger partial charge is 0.332 e. The second kappa shape index (κ2) is 7.12. The summed E-state index contributed by atoms with van der Waals surface area (Å²) in [6.45, 7) is 5.48. The van der Waals surface area contributed by atoms with Crippen LogP contribution in [0.4, 0.5) is 0 Å². The Hall–Kier alpha value is -1.32. The van der Waals surface area contributed by atoms with Crippen molar-refractivity contribution in [3.8, 4) is 0 Å². The Balaban J connectivity index is 3.83. The highest BCUT2D eigenvalue weighted by Crippen LogP contribution is 1.92. The van der Waals surface area contributed by atoms with Crippen LogP contribution in [0.25, 0.3) is 0 Å². The molecule has 0 rings (SSSR count). The van der Waals surface area contributed by atoms with Gasteiger partial charge in [-0.25, -0.2) is 4.79 Å². The van der Waals surface area contributed by atoms with E-state index in [1.165, 1.54) is 13.0 Å². The van der Waals surface area contributed by atoms with Gasteiger partial charge >= 0.3 is 5.97 Å². The predicted octanol–water partition coefficient (Wildman–Crippen LogP) is 1.37. The van der Waals surface area contributed by atoms with Crippen LogP contribution in [-0.4, -0.2) is 18.5 Å². The molecule has 0 unspecified atom stereocenters. The topological polar surface area (TPSA) is 55.4 Å². The summed E-state index contributed by atoms with van der Waals surface area (Å²) in [4.78, 5) is 21.7. The molecule has 0 spiro atoms. The van der Waals surface area contributed by atoms with Gasteiger partial charge in [0.05, 0.1) is 6.61 Å². The molecule has 1 amide bonds. The van der Waals surface area contributed by atoms with E-state index in [0.717, 1.165) is 12.8 Å². The van der Waals surface area contributed by atoms with E-state index in [0.29, 0.717) is 12.3 Å². The minimum absolute atomic E-state index is 0.194. The van der Waals surface area contributed by atoms with Crippen molar-refractivity contribution < 1.29 is 14.3 Å². The summed E-state index contributed by atoms with van der Waals surface area (Å²) in [6.07, 6.45) is 3.12. The van der Waals surface area contributed by atoms with Crippen molar-refractivity contribution in [1.82, 2.24) is 5.32 Å². The van der Waals surface area contributed by atoms with Crippen LogP contribution in [0.5, 0.6) is 0 Å². The maximum atomic E-state index is 11.1. The highest BCUT2D eigenvalue weighted by molar-refractivity contribution is 5.84. The Labute approximate surface area is 84.3 Å². The van der Waals surface area contributed by atoms with Gasteiger partial charge in [0.2, 0.25) is 5.91 Å². The molecule has 0 saturated heterocycles. The first kappa shape index (κ1) is 12.7. The molecule has 4 nitrogen and oxygen atoms in total. The number of esters is 1. The lowest BCUT2D eigenvalue weighted by Gasteiger charge is -2.02. The van der Waals surface area contributed by atoms with Crippen LogP contribution in [0.2, 0.25) is 0 Å². The predicted molar refractivity (Wildman–Crippen MR) is 53.4 cm³/mol. The minimum atomic E-state index is -0.412. The Morgan fingerprint density at radius 1 is 1.36 bits per heavy atom. The van der Waals surface area contributed by atoms with Crippen LogP contribution in [0, 0.1) is 0 Å². The molecule has 0 aromatic carbocycles. The van der Waals surface area contributed by atoms with Crippen molar-refractivity contribution in [2.24, 2.45) is 0 Å². The Bertz CT molecular complexity index is 234. The van der Waals surface area contributed by atoms with E-state index in [9.17, 15) is 9.59 Å². The Kier molecular flexibility index (Phi) is 6.45. The lowest BCUT2D eigenvalue weighted by atomic mass is 10.3. The molecule has 0 atom stereocenters. The van der Waals surface area contributed by atoms with E-state index in [1.54, 1.807) is 6.92 Å². The summed E-state index contributed by atoms with van der Waals surface area (Å²) >= 11 is 0. The highest BCUT2D eigenvalue weighted by Gasteiger charge is 1.99. The van der Waals surface area contributed by atoms with Crippen LogP contribution < -0.4 is 5.32 Å². The van der Waals surface area contributed by atoms with Gasteiger partial charge in [-0.1, -0.05) is 13.3 Å². The molecular weight excluding hydrogens is 182 g/mol. The summed E-state index contributed by atoms with van der Waals surface area (Å²) in [5, 5.41) is 2.49. The van der Waals surface area contributed by atoms with Gasteiger partial charge in [0, 0.05) is 18.7 Å². The first-order valence-corrected chi connectivity index (χ1v) is 4.69. The second-order valence-electron chi connectivity index (χ2n) is 3.03. The molecule has 0 saturated carbocycles. The summed E-state index contributed by atoms with van der Waals surface area (Å²) < 4.78 is 4.87. The van der Waals surface area contributed by atoms with Gasteiger partial charge in [0.15, 0.2) is 0 Å². The molecule has 80 valence electrons. The van der Waals surface area contributed by atoms with Gasteiger partial charge in [-0.15, -0.1) is 0 Å². The summed E-state index contributed by atoms with van der Waals surface area (Å²) in [7, 11) is 0. The third kappa shape index (κ3) is 7.34. The van der Waals surface area contributed by atoms with Crippen LogP contribution in [0.1, 0.15) is 33.6 Å². The van der Waals surface area contributed by atoms with E-state index in [-0.39, 0.29) is 5.91 Å². The van der Waals surface area contributed by atoms with Gasteiger partial charge in [-0.3, -0.25) is 4.79 Å². The zero-order valence-corrected chi connectivity index (χ0v) is 8.92. The lowest BCUT2D eigenvalue weighted by molar-refractivity contribution is -0.137. The van der Waals surface area contributed by atoms with E-state index in [1.807, 2.05) is 6.92 Å². The minimum Gasteiger partial charge on any atom is -0.462 e. The van der Waals surface area contributed by atoms with E-state index in [2.05, 4.69) is 5.32 Å². The van der Waals surface area contributed by atoms with Crippen LogP contribution >= 0.6 is 0 Å². The van der Waals surface area contributed by atoms with Gasteiger partial charge < -0.3 is 10.1 Å². The summed E-state index contributed by atoms with van der Waals surface area (Å²) in [5.41, 5.74) is 0.499. The van der Waals surface area contributed by atoms with Gasteiger partial charge in [0.25, 0.3) is 0 Å². The standard InChI is InChI=1S/C10H17NO3/c1-4-5-6-14-10(13)7-8(2)11-9(3)12/h7H,4-6H2,1-3H3,(H,11,12)/b8-7+. The number of nitrogens with one attached hydrogen (secondary N) is 1. The first-order chi connectivity index (χ1) is 6.56. The third-order valence-corrected chi connectivity index (χ3v) is 1.45. The molecule has 4 heteroatoms. The fraction of sp³-hybridized carbons (Fsp3) is 0.600. The number of unbranched alkanes of at least 4 members (excludes halogenated alkanes) is 1. The molecule has 0 aliphatic carbocycles. The monoisotopic (exact) mass is 199 g/mol. The number of hydrogen-bond acceptors (Lipinski definition) is 3. The normalized spacial score (nSPS) is 10.9. The largest absolute Gasteiger partial charge is 0.462 e. The molecule has 1 N–H and O–H groups in total. The summed E-state index contributed by atoms with van der Waals surface area (Å²) in [5.74, 6) is -0.607. The molecule has 0 aliphatic rings. The second-order valence-corrected chi connectivity index (χ2v) is 3.03. The first-order valence-electron chi connectivity index (χ1n) is 4.69. The maximum absolute atomic E-state index is 11.1. The maximum Gasteiger partial charge on any atom is 0.332 e. The molecule has 0 aromatic heterocycles. The molecule has 0 heterocycles. The number of carbonyl (C=O) groups is 2. The molecule has 0 bridgehead atoms. The van der Waals surface area contributed by atoms with Crippen molar-refractivity contribution in [2.45, 2.75) is 33.6 Å². The van der Waals surface area contributed by atoms with Crippen molar-refractivity contribution in [3.05, 3.63) is 11.8 Å². The third-order valence-electron chi connectivity index (χ3n) is 1.45. The fourth-order valence-corrected chi connectivity index (χ4v) is 0.849. The summed E-state index contributed by atoms with van der Waals surface area (Å²) in [6, 6.07) is 0. The number of amides is 1. The zero-order chi connectivity index (χ0) is 11.0. The van der Waals surface area contributed by atoms with Crippen LogP contribution in [0.15, 0.2) is 11.8 Å². The molecular formula is C10H17NO3. The van der Waals surface area contributed by atoms with Crippen molar-refractivity contribution in [3.63, 3.8) is 0 Å². The number of rotatable bonds is 5. The Morgan fingerprint density at radius 2 is 2.00 bits per heavy atom. The number of ether oxygens (including phenoxy) is 1. The van der Waals surface area contributed by atoms with Crippen LogP contribution in [-0.2, 0) is 14.3 Å². The molecule has 0 aromatic rings. The van der Waals surface area contributed by atoms with E-state index in [4.69, 9.17) is 4.74 Å². The highest BCUT2D eigenvalue weighted by atomic mass is 16.5. The quantitative estimate of drug-likeness (QED) is 0.413. The average molecular weight is 199 g/mol. The fourth-order valence-electron chi connectivity index (χ4n) is 0.849.